The van der Waals surface area contributed by atoms with E-state index in [1.807, 2.05) is 45.9 Å². The van der Waals surface area contributed by atoms with Crippen LogP contribution in [0.3, 0.4) is 0 Å². The van der Waals surface area contributed by atoms with Gasteiger partial charge in [0.2, 0.25) is 0 Å². The maximum absolute atomic E-state index is 13.5. The molecule has 4 rings (SSSR count). The van der Waals surface area contributed by atoms with E-state index in [0.29, 0.717) is 11.3 Å². The molecule has 0 saturated carbocycles. The van der Waals surface area contributed by atoms with Crippen molar-refractivity contribution in [1.82, 2.24) is 10.1 Å². The number of amides is 2. The summed E-state index contributed by atoms with van der Waals surface area (Å²) in [5.41, 5.74) is 3.37. The predicted octanol–water partition coefficient (Wildman–Crippen LogP) is 4.08. The van der Waals surface area contributed by atoms with E-state index in [-0.39, 0.29) is 34.7 Å². The fraction of sp³-hybridized carbons (Fsp3) is 0.273. The highest BCUT2D eigenvalue weighted by atomic mass is 16.5. The lowest BCUT2D eigenvalue weighted by molar-refractivity contribution is 0.0925. The molecule has 2 amide bonds. The summed E-state index contributed by atoms with van der Waals surface area (Å²) >= 11 is 0. The number of anilines is 1. The summed E-state index contributed by atoms with van der Waals surface area (Å²) in [5.74, 6) is -1.17. The van der Waals surface area contributed by atoms with E-state index in [9.17, 15) is 14.4 Å². The van der Waals surface area contributed by atoms with E-state index in [0.717, 1.165) is 11.1 Å². The van der Waals surface area contributed by atoms with Crippen LogP contribution in [-0.2, 0) is 0 Å². The van der Waals surface area contributed by atoms with Crippen molar-refractivity contribution in [2.24, 2.45) is 0 Å². The molecule has 0 radical (unpaired) electrons. The summed E-state index contributed by atoms with van der Waals surface area (Å²) in [7, 11) is 0. The largest absolute Gasteiger partial charge is 0.439 e. The number of hydrogen-bond acceptors (Lipinski definition) is 5. The summed E-state index contributed by atoms with van der Waals surface area (Å²) in [4.78, 5) is 42.0. The lowest BCUT2D eigenvalue weighted by atomic mass is 9.92. The number of aromatic amines is 1. The van der Waals surface area contributed by atoms with E-state index in [2.05, 4.69) is 14.7 Å². The van der Waals surface area contributed by atoms with Gasteiger partial charge in [-0.1, -0.05) is 63.2 Å². The van der Waals surface area contributed by atoms with Crippen molar-refractivity contribution >= 4 is 17.5 Å². The van der Waals surface area contributed by atoms with Gasteiger partial charge in [0.05, 0.1) is 16.8 Å². The van der Waals surface area contributed by atoms with Crippen molar-refractivity contribution in [3.05, 3.63) is 69.2 Å². The number of rotatable bonds is 4. The molecular formula is C22H21N3O4. The molecule has 3 aromatic rings. The van der Waals surface area contributed by atoms with Gasteiger partial charge in [-0.25, -0.2) is 9.69 Å². The van der Waals surface area contributed by atoms with Gasteiger partial charge in [0.1, 0.15) is 0 Å². The Morgan fingerprint density at radius 1 is 0.862 bits per heavy atom. The van der Waals surface area contributed by atoms with Crippen LogP contribution >= 0.6 is 0 Å². The predicted molar refractivity (Wildman–Crippen MR) is 108 cm³/mol. The van der Waals surface area contributed by atoms with Crippen molar-refractivity contribution in [1.29, 1.82) is 0 Å². The molecule has 1 aliphatic heterocycles. The van der Waals surface area contributed by atoms with Crippen LogP contribution in [0.5, 0.6) is 0 Å². The molecule has 1 aliphatic rings. The van der Waals surface area contributed by atoms with Crippen LogP contribution in [0.25, 0.3) is 11.4 Å². The Bertz CT molecular complexity index is 1160. The highest BCUT2D eigenvalue weighted by Crippen LogP contribution is 2.41. The molecule has 29 heavy (non-hydrogen) atoms. The van der Waals surface area contributed by atoms with Crippen molar-refractivity contribution in [2.45, 2.75) is 39.5 Å². The Kier molecular flexibility index (Phi) is 4.45. The average Bonchev–Trinajstić information content (AvgIpc) is 3.23. The minimum atomic E-state index is -0.724. The third-order valence-corrected chi connectivity index (χ3v) is 5.18. The molecule has 1 aromatic heterocycles. The van der Waals surface area contributed by atoms with Gasteiger partial charge in [-0.05, 0) is 29.0 Å². The smallest absolute Gasteiger partial charge is 0.296 e. The third kappa shape index (κ3) is 2.90. The Hall–Kier alpha value is -3.48. The van der Waals surface area contributed by atoms with Crippen LogP contribution in [0.1, 0.15) is 71.4 Å². The van der Waals surface area contributed by atoms with Crippen LogP contribution < -0.4 is 10.7 Å². The maximum atomic E-state index is 13.5. The molecule has 0 bridgehead atoms. The monoisotopic (exact) mass is 391 g/mol. The normalized spacial score (nSPS) is 13.7. The van der Waals surface area contributed by atoms with Crippen molar-refractivity contribution in [2.75, 3.05) is 4.90 Å². The van der Waals surface area contributed by atoms with E-state index >= 15 is 0 Å². The van der Waals surface area contributed by atoms with Crippen molar-refractivity contribution in [3.8, 4) is 11.4 Å². The van der Waals surface area contributed by atoms with Gasteiger partial charge in [-0.3, -0.25) is 19.1 Å². The number of benzene rings is 2. The van der Waals surface area contributed by atoms with E-state index < -0.39 is 11.7 Å². The Morgan fingerprint density at radius 2 is 1.45 bits per heavy atom. The van der Waals surface area contributed by atoms with Crippen LogP contribution in [0.15, 0.2) is 45.7 Å². The van der Waals surface area contributed by atoms with Gasteiger partial charge in [-0.2, -0.15) is 0 Å². The van der Waals surface area contributed by atoms with E-state index in [1.165, 1.54) is 4.90 Å². The SMILES string of the molecule is CC(C)c1cccc(C(C)C)c1N1C(=O)c2cccc(-c3noc(=O)[nH]3)c2C1=O. The van der Waals surface area contributed by atoms with Gasteiger partial charge < -0.3 is 0 Å². The summed E-state index contributed by atoms with van der Waals surface area (Å²) in [6, 6.07) is 10.8. The first-order valence-electron chi connectivity index (χ1n) is 9.52. The van der Waals surface area contributed by atoms with Gasteiger partial charge >= 0.3 is 5.76 Å². The molecule has 7 heteroatoms. The number of H-pyrrole nitrogens is 1. The van der Waals surface area contributed by atoms with Gasteiger partial charge in [0.15, 0.2) is 5.82 Å². The van der Waals surface area contributed by atoms with E-state index in [4.69, 9.17) is 0 Å². The molecule has 0 saturated heterocycles. The number of imide groups is 1. The second kappa shape index (κ2) is 6.84. The van der Waals surface area contributed by atoms with Crippen LogP contribution in [0.2, 0.25) is 0 Å². The van der Waals surface area contributed by atoms with E-state index in [1.54, 1.807) is 18.2 Å². The first-order valence-corrected chi connectivity index (χ1v) is 9.52. The second-order valence-corrected chi connectivity index (χ2v) is 7.71. The minimum Gasteiger partial charge on any atom is -0.296 e. The van der Waals surface area contributed by atoms with Gasteiger partial charge in [-0.15, -0.1) is 0 Å². The quantitative estimate of drug-likeness (QED) is 0.676. The molecule has 2 aromatic carbocycles. The molecule has 2 heterocycles. The molecule has 148 valence electrons. The molecule has 0 atom stereocenters. The summed E-state index contributed by atoms with van der Waals surface area (Å²) in [6.07, 6.45) is 0. The summed E-state index contributed by atoms with van der Waals surface area (Å²) in [6.45, 7) is 8.14. The van der Waals surface area contributed by atoms with Crippen molar-refractivity contribution in [3.63, 3.8) is 0 Å². The molecule has 7 nitrogen and oxygen atoms in total. The number of carbonyl (C=O) groups is 2. The number of nitrogens with one attached hydrogen (secondary N) is 1. The first kappa shape index (κ1) is 18.9. The average molecular weight is 391 g/mol. The third-order valence-electron chi connectivity index (χ3n) is 5.18. The van der Waals surface area contributed by atoms with Crippen LogP contribution in [0.4, 0.5) is 5.69 Å². The molecule has 0 aliphatic carbocycles. The Balaban J connectivity index is 1.95. The standard InChI is InChI=1S/C22H21N3O4/c1-11(2)13-7-5-8-14(12(3)4)18(13)25-20(26)16-10-6-9-15(17(16)21(25)27)19-23-22(28)29-24-19/h5-12H,1-4H3,(H,23,24,28). The van der Waals surface area contributed by atoms with Gasteiger partial charge in [0.25, 0.3) is 11.8 Å². The lowest BCUT2D eigenvalue weighted by Crippen LogP contribution is -2.32. The number of para-hydroxylation sites is 1. The minimum absolute atomic E-state index is 0.121. The molecule has 0 spiro atoms. The zero-order valence-electron chi connectivity index (χ0n) is 16.6. The molecule has 0 unspecified atom stereocenters. The lowest BCUT2D eigenvalue weighted by Gasteiger charge is -2.25. The molecule has 0 fully saturated rings. The Morgan fingerprint density at radius 3 is 2.00 bits per heavy atom. The fourth-order valence-corrected chi connectivity index (χ4v) is 3.80. The summed E-state index contributed by atoms with van der Waals surface area (Å²) < 4.78 is 4.58. The van der Waals surface area contributed by atoms with Crippen LogP contribution in [0, 0.1) is 0 Å². The number of hydrogen-bond donors (Lipinski definition) is 1. The zero-order chi connectivity index (χ0) is 20.9. The Labute approximate surface area is 167 Å². The van der Waals surface area contributed by atoms with Gasteiger partial charge in [0, 0.05) is 5.56 Å². The first-order chi connectivity index (χ1) is 13.8. The second-order valence-electron chi connectivity index (χ2n) is 7.71. The topological polar surface area (TPSA) is 96.3 Å². The zero-order valence-corrected chi connectivity index (χ0v) is 16.6. The van der Waals surface area contributed by atoms with Crippen molar-refractivity contribution < 1.29 is 14.1 Å². The molecular weight excluding hydrogens is 370 g/mol. The summed E-state index contributed by atoms with van der Waals surface area (Å²) in [5, 5.41) is 3.69. The highest BCUT2D eigenvalue weighted by molar-refractivity contribution is 6.36. The maximum Gasteiger partial charge on any atom is 0.439 e. The molecule has 1 N–H and O–H groups in total. The number of aromatic nitrogens is 2. The van der Waals surface area contributed by atoms with Crippen LogP contribution in [-0.4, -0.2) is 22.0 Å². The fourth-order valence-electron chi connectivity index (χ4n) is 3.80. The highest BCUT2D eigenvalue weighted by Gasteiger charge is 2.41. The number of fused-ring (bicyclic) bond motifs is 1. The number of carbonyl (C=O) groups excluding carboxylic acids is 2. The number of nitrogens with zero attached hydrogens (tertiary/aromatic N) is 2.